The fraction of sp³-hybridized carbons (Fsp3) is 0.615. The Morgan fingerprint density at radius 3 is 3.05 bits per heavy atom. The molecular weight excluding hydrogens is 258 g/mol. The molecule has 1 fully saturated rings. The standard InChI is InChI=1S/C13H19N5O2/c1-2-19-11(8-3-4-8)12-17-13(20-18-12)10(14)5-9-6-15-7-16-9/h6-8,10-11H,2-5,14H2,1H3,(H,15,16)/t10-,11?/m0/s1. The van der Waals surface area contributed by atoms with E-state index in [1.165, 1.54) is 0 Å². The fourth-order valence-corrected chi connectivity index (χ4v) is 2.23. The van der Waals surface area contributed by atoms with Crippen LogP contribution in [0.25, 0.3) is 0 Å². The third-order valence-corrected chi connectivity index (χ3v) is 3.42. The van der Waals surface area contributed by atoms with Crippen molar-refractivity contribution in [2.45, 2.75) is 38.3 Å². The number of imidazole rings is 1. The van der Waals surface area contributed by atoms with Crippen molar-refractivity contribution in [2.75, 3.05) is 6.61 Å². The van der Waals surface area contributed by atoms with E-state index in [1.54, 1.807) is 12.5 Å². The summed E-state index contributed by atoms with van der Waals surface area (Å²) < 4.78 is 11.0. The molecule has 2 heterocycles. The highest BCUT2D eigenvalue weighted by Crippen LogP contribution is 2.42. The molecule has 0 aromatic carbocycles. The minimum Gasteiger partial charge on any atom is -0.370 e. The van der Waals surface area contributed by atoms with Crippen molar-refractivity contribution in [1.29, 1.82) is 0 Å². The first-order valence-corrected chi connectivity index (χ1v) is 6.96. The Bertz CT molecular complexity index is 535. The summed E-state index contributed by atoms with van der Waals surface area (Å²) in [5, 5.41) is 4.03. The van der Waals surface area contributed by atoms with Crippen molar-refractivity contribution < 1.29 is 9.26 Å². The van der Waals surface area contributed by atoms with Crippen LogP contribution in [0.5, 0.6) is 0 Å². The van der Waals surface area contributed by atoms with Crippen LogP contribution >= 0.6 is 0 Å². The molecule has 7 heteroatoms. The first kappa shape index (κ1) is 13.3. The molecule has 20 heavy (non-hydrogen) atoms. The highest BCUT2D eigenvalue weighted by atomic mass is 16.5. The van der Waals surface area contributed by atoms with Gasteiger partial charge in [-0.2, -0.15) is 4.98 Å². The molecule has 1 unspecified atom stereocenters. The van der Waals surface area contributed by atoms with E-state index in [0.29, 0.717) is 30.7 Å². The summed E-state index contributed by atoms with van der Waals surface area (Å²) in [6.45, 7) is 2.62. The molecule has 0 radical (unpaired) electrons. The summed E-state index contributed by atoms with van der Waals surface area (Å²) in [5.74, 6) is 1.58. The van der Waals surface area contributed by atoms with E-state index in [-0.39, 0.29) is 12.1 Å². The van der Waals surface area contributed by atoms with Gasteiger partial charge in [0.05, 0.1) is 12.4 Å². The van der Waals surface area contributed by atoms with E-state index in [0.717, 1.165) is 18.5 Å². The predicted octanol–water partition coefficient (Wildman–Crippen LogP) is 1.52. The zero-order chi connectivity index (χ0) is 13.9. The van der Waals surface area contributed by atoms with E-state index in [2.05, 4.69) is 20.1 Å². The molecule has 1 saturated carbocycles. The number of H-pyrrole nitrogens is 1. The molecule has 2 aromatic rings. The van der Waals surface area contributed by atoms with E-state index in [9.17, 15) is 0 Å². The van der Waals surface area contributed by atoms with Crippen molar-refractivity contribution in [1.82, 2.24) is 20.1 Å². The maximum atomic E-state index is 6.08. The second-order valence-corrected chi connectivity index (χ2v) is 5.09. The Kier molecular flexibility index (Phi) is 3.79. The van der Waals surface area contributed by atoms with E-state index < -0.39 is 0 Å². The second kappa shape index (κ2) is 5.72. The van der Waals surface area contributed by atoms with Crippen LogP contribution in [0.2, 0.25) is 0 Å². The molecule has 3 N–H and O–H groups in total. The molecule has 108 valence electrons. The van der Waals surface area contributed by atoms with Gasteiger partial charge < -0.3 is 20.0 Å². The lowest BCUT2D eigenvalue weighted by atomic mass is 10.2. The molecule has 0 aliphatic heterocycles. The van der Waals surface area contributed by atoms with Crippen LogP contribution in [0.15, 0.2) is 17.0 Å². The molecule has 1 aliphatic rings. The van der Waals surface area contributed by atoms with Gasteiger partial charge in [0.2, 0.25) is 11.7 Å². The normalized spacial score (nSPS) is 18.1. The van der Waals surface area contributed by atoms with Crippen LogP contribution < -0.4 is 5.73 Å². The van der Waals surface area contributed by atoms with E-state index in [1.807, 2.05) is 6.92 Å². The topological polar surface area (TPSA) is 103 Å². The van der Waals surface area contributed by atoms with Gasteiger partial charge in [0.1, 0.15) is 6.10 Å². The zero-order valence-electron chi connectivity index (χ0n) is 11.5. The zero-order valence-corrected chi connectivity index (χ0v) is 11.5. The number of hydrogen-bond donors (Lipinski definition) is 2. The summed E-state index contributed by atoms with van der Waals surface area (Å²) >= 11 is 0. The van der Waals surface area contributed by atoms with Crippen LogP contribution in [0.4, 0.5) is 0 Å². The predicted molar refractivity (Wildman–Crippen MR) is 70.6 cm³/mol. The first-order chi connectivity index (χ1) is 9.78. The molecule has 7 nitrogen and oxygen atoms in total. The average Bonchev–Trinajstić information content (AvgIpc) is 2.94. The SMILES string of the molecule is CCOC(c1noc([C@@H](N)Cc2cnc[nH]2)n1)C1CC1. The van der Waals surface area contributed by atoms with Gasteiger partial charge >= 0.3 is 0 Å². The Morgan fingerprint density at radius 2 is 2.40 bits per heavy atom. The third kappa shape index (κ3) is 2.88. The van der Waals surface area contributed by atoms with Crippen LogP contribution in [0.3, 0.4) is 0 Å². The number of ether oxygens (including phenoxy) is 1. The van der Waals surface area contributed by atoms with Crippen molar-refractivity contribution in [2.24, 2.45) is 11.7 Å². The summed E-state index contributed by atoms with van der Waals surface area (Å²) in [7, 11) is 0. The lowest BCUT2D eigenvalue weighted by Gasteiger charge is -2.11. The van der Waals surface area contributed by atoms with Crippen molar-refractivity contribution in [3.8, 4) is 0 Å². The van der Waals surface area contributed by atoms with Crippen LogP contribution in [-0.2, 0) is 11.2 Å². The van der Waals surface area contributed by atoms with Gasteiger partial charge in [0.15, 0.2) is 0 Å². The fourth-order valence-electron chi connectivity index (χ4n) is 2.23. The summed E-state index contributed by atoms with van der Waals surface area (Å²) in [6.07, 6.45) is 6.22. The lowest BCUT2D eigenvalue weighted by molar-refractivity contribution is 0.0384. The summed E-state index contributed by atoms with van der Waals surface area (Å²) in [4.78, 5) is 11.4. The van der Waals surface area contributed by atoms with Crippen LogP contribution in [0, 0.1) is 5.92 Å². The highest BCUT2D eigenvalue weighted by molar-refractivity contribution is 5.04. The largest absolute Gasteiger partial charge is 0.370 e. The number of aromatic amines is 1. The Balaban J connectivity index is 1.68. The minimum absolute atomic E-state index is 0.0585. The second-order valence-electron chi connectivity index (χ2n) is 5.09. The van der Waals surface area contributed by atoms with Gasteiger partial charge in [-0.3, -0.25) is 0 Å². The van der Waals surface area contributed by atoms with E-state index in [4.69, 9.17) is 15.0 Å². The number of rotatable bonds is 7. The van der Waals surface area contributed by atoms with Crippen molar-refractivity contribution in [3.05, 3.63) is 29.9 Å². The third-order valence-electron chi connectivity index (χ3n) is 3.42. The molecule has 2 aromatic heterocycles. The van der Waals surface area contributed by atoms with Crippen LogP contribution in [-0.4, -0.2) is 26.7 Å². The van der Waals surface area contributed by atoms with Crippen molar-refractivity contribution >= 4 is 0 Å². The number of hydrogen-bond acceptors (Lipinski definition) is 6. The van der Waals surface area contributed by atoms with Gasteiger partial charge in [-0.1, -0.05) is 5.16 Å². The molecule has 0 saturated heterocycles. The minimum atomic E-state index is -0.335. The molecular formula is C13H19N5O2. The van der Waals surface area contributed by atoms with Gasteiger partial charge in [-0.25, -0.2) is 4.98 Å². The van der Waals surface area contributed by atoms with Gasteiger partial charge in [-0.05, 0) is 25.7 Å². The molecule has 0 amide bonds. The number of nitrogens with zero attached hydrogens (tertiary/aromatic N) is 3. The first-order valence-electron chi connectivity index (χ1n) is 6.96. The molecule has 2 atom stereocenters. The summed E-state index contributed by atoms with van der Waals surface area (Å²) in [5.41, 5.74) is 7.03. The monoisotopic (exact) mass is 277 g/mol. The smallest absolute Gasteiger partial charge is 0.244 e. The molecule has 3 rings (SSSR count). The van der Waals surface area contributed by atoms with Crippen molar-refractivity contribution in [3.63, 3.8) is 0 Å². The highest BCUT2D eigenvalue weighted by Gasteiger charge is 2.36. The van der Waals surface area contributed by atoms with Gasteiger partial charge in [0, 0.05) is 24.9 Å². The molecule has 1 aliphatic carbocycles. The molecule has 0 spiro atoms. The number of nitrogens with two attached hydrogens (primary N) is 1. The molecule has 0 bridgehead atoms. The maximum Gasteiger partial charge on any atom is 0.244 e. The number of aromatic nitrogens is 4. The Labute approximate surface area is 116 Å². The maximum absolute atomic E-state index is 6.08. The Morgan fingerprint density at radius 1 is 1.55 bits per heavy atom. The van der Waals surface area contributed by atoms with Crippen LogP contribution in [0.1, 0.15) is 49.3 Å². The van der Waals surface area contributed by atoms with E-state index >= 15 is 0 Å². The average molecular weight is 277 g/mol. The quantitative estimate of drug-likeness (QED) is 0.795. The van der Waals surface area contributed by atoms with Gasteiger partial charge in [0.25, 0.3) is 0 Å². The summed E-state index contributed by atoms with van der Waals surface area (Å²) in [6, 6.07) is -0.335. The number of nitrogens with one attached hydrogen (secondary N) is 1. The lowest BCUT2D eigenvalue weighted by Crippen LogP contribution is -2.15. The van der Waals surface area contributed by atoms with Gasteiger partial charge in [-0.15, -0.1) is 0 Å². The Hall–Kier alpha value is -1.73.